The summed E-state index contributed by atoms with van der Waals surface area (Å²) in [6.45, 7) is 2.11. The number of nitrogens with one attached hydrogen (secondary N) is 3. The second-order valence-corrected chi connectivity index (χ2v) is 6.71. The summed E-state index contributed by atoms with van der Waals surface area (Å²) in [5.41, 5.74) is 2.59. The molecule has 1 heterocycles. The van der Waals surface area contributed by atoms with Crippen molar-refractivity contribution in [1.82, 2.24) is 15.6 Å². The van der Waals surface area contributed by atoms with Gasteiger partial charge in [0.25, 0.3) is 5.56 Å². The molecular weight excluding hydrogens is 326 g/mol. The van der Waals surface area contributed by atoms with Gasteiger partial charge in [0, 0.05) is 29.4 Å². The number of urea groups is 1. The molecule has 0 aliphatic heterocycles. The summed E-state index contributed by atoms with van der Waals surface area (Å²) in [5.74, 6) is 0.465. The van der Waals surface area contributed by atoms with Crippen LogP contribution in [0.2, 0.25) is 5.02 Å². The Morgan fingerprint density at radius 1 is 1.29 bits per heavy atom. The molecule has 0 spiro atoms. The van der Waals surface area contributed by atoms with E-state index in [9.17, 15) is 9.59 Å². The fourth-order valence-electron chi connectivity index (χ4n) is 2.94. The summed E-state index contributed by atoms with van der Waals surface area (Å²) in [5, 5.41) is 6.42. The van der Waals surface area contributed by atoms with Gasteiger partial charge in [0.2, 0.25) is 0 Å². The molecule has 1 saturated carbocycles. The first kappa shape index (κ1) is 16.6. The maximum Gasteiger partial charge on any atom is 0.315 e. The number of carbonyl (C=O) groups excluding carboxylic acids is 1. The van der Waals surface area contributed by atoms with Crippen molar-refractivity contribution in [2.45, 2.75) is 38.3 Å². The predicted octanol–water partition coefficient (Wildman–Crippen LogP) is 3.08. The zero-order valence-corrected chi connectivity index (χ0v) is 14.2. The lowest BCUT2D eigenvalue weighted by Gasteiger charge is -2.36. The van der Waals surface area contributed by atoms with Gasteiger partial charge in [-0.15, -0.1) is 0 Å². The van der Waals surface area contributed by atoms with E-state index in [2.05, 4.69) is 15.6 Å². The first-order valence-corrected chi connectivity index (χ1v) is 8.37. The highest BCUT2D eigenvalue weighted by Crippen LogP contribution is 2.37. The standard InChI is InChI=1S/C18H20ClN3O2/c1-11-6-14(17(23)20-9-11)10-21-18(24)22-16-7-13(8-16)12-2-4-15(19)5-3-12/h2-6,9,13,16H,7-8,10H2,1H3,(H,20,23)(H2,21,22,24). The maximum absolute atomic E-state index is 12.0. The van der Waals surface area contributed by atoms with E-state index < -0.39 is 0 Å². The average molecular weight is 346 g/mol. The first-order valence-electron chi connectivity index (χ1n) is 7.99. The molecule has 0 atom stereocenters. The van der Waals surface area contributed by atoms with Crippen molar-refractivity contribution >= 4 is 17.6 Å². The zero-order valence-electron chi connectivity index (χ0n) is 13.4. The van der Waals surface area contributed by atoms with Gasteiger partial charge in [-0.05, 0) is 55.0 Å². The maximum atomic E-state index is 12.0. The number of benzene rings is 1. The number of aromatic amines is 1. The van der Waals surface area contributed by atoms with Crippen LogP contribution in [0.4, 0.5) is 4.79 Å². The van der Waals surface area contributed by atoms with Crippen molar-refractivity contribution in [3.8, 4) is 0 Å². The number of H-pyrrole nitrogens is 1. The Kier molecular flexibility index (Phi) is 4.90. The van der Waals surface area contributed by atoms with Gasteiger partial charge in [-0.25, -0.2) is 4.79 Å². The molecule has 6 heteroatoms. The number of hydrogen-bond acceptors (Lipinski definition) is 2. The number of aromatic nitrogens is 1. The number of amides is 2. The Labute approximate surface area is 145 Å². The third-order valence-corrected chi connectivity index (χ3v) is 4.63. The van der Waals surface area contributed by atoms with Gasteiger partial charge in [0.15, 0.2) is 0 Å². The predicted molar refractivity (Wildman–Crippen MR) is 94.4 cm³/mol. The molecule has 0 saturated heterocycles. The molecular formula is C18H20ClN3O2. The number of carbonyl (C=O) groups is 1. The van der Waals surface area contributed by atoms with Crippen molar-refractivity contribution in [3.05, 3.63) is 68.6 Å². The first-order chi connectivity index (χ1) is 11.5. The van der Waals surface area contributed by atoms with Gasteiger partial charge in [0.05, 0.1) is 0 Å². The Morgan fingerprint density at radius 3 is 2.71 bits per heavy atom. The molecule has 1 aliphatic rings. The molecule has 1 aromatic heterocycles. The minimum Gasteiger partial charge on any atom is -0.335 e. The van der Waals surface area contributed by atoms with Crippen LogP contribution >= 0.6 is 11.6 Å². The SMILES string of the molecule is Cc1c[nH]c(=O)c(CNC(=O)NC2CC(c3ccc(Cl)cc3)C2)c1. The van der Waals surface area contributed by atoms with Gasteiger partial charge in [-0.3, -0.25) is 4.79 Å². The van der Waals surface area contributed by atoms with E-state index >= 15 is 0 Å². The minimum absolute atomic E-state index is 0.168. The van der Waals surface area contributed by atoms with Crippen molar-refractivity contribution in [1.29, 1.82) is 0 Å². The molecule has 1 aromatic carbocycles. The number of pyridine rings is 1. The number of aryl methyl sites for hydroxylation is 1. The molecule has 0 bridgehead atoms. The molecule has 126 valence electrons. The molecule has 24 heavy (non-hydrogen) atoms. The molecule has 1 fully saturated rings. The third-order valence-electron chi connectivity index (χ3n) is 4.38. The molecule has 3 rings (SSSR count). The summed E-state index contributed by atoms with van der Waals surface area (Å²) >= 11 is 5.89. The lowest BCUT2D eigenvalue weighted by molar-refractivity contribution is 0.222. The Hall–Kier alpha value is -2.27. The lowest BCUT2D eigenvalue weighted by Crippen LogP contribution is -2.47. The molecule has 3 N–H and O–H groups in total. The second-order valence-electron chi connectivity index (χ2n) is 6.28. The van der Waals surface area contributed by atoms with E-state index in [1.54, 1.807) is 12.3 Å². The van der Waals surface area contributed by atoms with Crippen LogP contribution in [0.5, 0.6) is 0 Å². The normalized spacial score (nSPS) is 19.4. The second kappa shape index (κ2) is 7.09. The van der Waals surface area contributed by atoms with Crippen LogP contribution in [0.3, 0.4) is 0 Å². The van der Waals surface area contributed by atoms with Gasteiger partial charge in [0.1, 0.15) is 0 Å². The smallest absolute Gasteiger partial charge is 0.315 e. The van der Waals surface area contributed by atoms with Gasteiger partial charge in [-0.1, -0.05) is 23.7 Å². The van der Waals surface area contributed by atoms with Crippen molar-refractivity contribution in [2.24, 2.45) is 0 Å². The summed E-state index contributed by atoms with van der Waals surface area (Å²) in [6.07, 6.45) is 3.48. The monoisotopic (exact) mass is 345 g/mol. The van der Waals surface area contributed by atoms with Crippen LogP contribution in [-0.2, 0) is 6.54 Å². The highest BCUT2D eigenvalue weighted by atomic mass is 35.5. The van der Waals surface area contributed by atoms with E-state index in [-0.39, 0.29) is 24.2 Å². The topological polar surface area (TPSA) is 74.0 Å². The number of hydrogen-bond donors (Lipinski definition) is 3. The molecule has 0 unspecified atom stereocenters. The van der Waals surface area contributed by atoms with Crippen LogP contribution in [-0.4, -0.2) is 17.1 Å². The van der Waals surface area contributed by atoms with E-state index in [4.69, 9.17) is 11.6 Å². The Bertz CT molecular complexity index is 780. The van der Waals surface area contributed by atoms with E-state index in [1.807, 2.05) is 31.2 Å². The summed E-state index contributed by atoms with van der Waals surface area (Å²) < 4.78 is 0. The largest absolute Gasteiger partial charge is 0.335 e. The Morgan fingerprint density at radius 2 is 2.00 bits per heavy atom. The molecule has 5 nitrogen and oxygen atoms in total. The fourth-order valence-corrected chi connectivity index (χ4v) is 3.07. The third kappa shape index (κ3) is 3.97. The summed E-state index contributed by atoms with van der Waals surface area (Å²) in [7, 11) is 0. The lowest BCUT2D eigenvalue weighted by atomic mass is 9.76. The van der Waals surface area contributed by atoms with Gasteiger partial charge >= 0.3 is 6.03 Å². The van der Waals surface area contributed by atoms with E-state index in [0.29, 0.717) is 11.5 Å². The number of rotatable bonds is 4. The zero-order chi connectivity index (χ0) is 17.1. The van der Waals surface area contributed by atoms with Gasteiger partial charge in [-0.2, -0.15) is 0 Å². The highest BCUT2D eigenvalue weighted by Gasteiger charge is 2.31. The Balaban J connectivity index is 1.44. The van der Waals surface area contributed by atoms with E-state index in [0.717, 1.165) is 23.4 Å². The van der Waals surface area contributed by atoms with Crippen molar-refractivity contribution in [3.63, 3.8) is 0 Å². The van der Waals surface area contributed by atoms with Crippen LogP contribution in [0.25, 0.3) is 0 Å². The van der Waals surface area contributed by atoms with Crippen molar-refractivity contribution in [2.75, 3.05) is 0 Å². The average Bonchev–Trinajstić information content (AvgIpc) is 2.52. The minimum atomic E-state index is -0.240. The summed E-state index contributed by atoms with van der Waals surface area (Å²) in [6, 6.07) is 9.56. The highest BCUT2D eigenvalue weighted by molar-refractivity contribution is 6.30. The van der Waals surface area contributed by atoms with Crippen LogP contribution in [0.15, 0.2) is 41.3 Å². The van der Waals surface area contributed by atoms with Gasteiger partial charge < -0.3 is 15.6 Å². The fraction of sp³-hybridized carbons (Fsp3) is 0.333. The summed E-state index contributed by atoms with van der Waals surface area (Å²) in [4.78, 5) is 26.3. The molecule has 0 radical (unpaired) electrons. The quantitative estimate of drug-likeness (QED) is 0.796. The van der Waals surface area contributed by atoms with Crippen LogP contribution < -0.4 is 16.2 Å². The molecule has 2 amide bonds. The number of halogens is 1. The molecule has 2 aromatic rings. The van der Waals surface area contributed by atoms with Crippen LogP contribution in [0.1, 0.15) is 35.4 Å². The van der Waals surface area contributed by atoms with Crippen LogP contribution in [0, 0.1) is 6.92 Å². The van der Waals surface area contributed by atoms with E-state index in [1.165, 1.54) is 5.56 Å². The molecule has 1 aliphatic carbocycles. The van der Waals surface area contributed by atoms with Crippen molar-refractivity contribution < 1.29 is 4.79 Å².